The Hall–Kier alpha value is -0.960. The molecule has 24 heavy (non-hydrogen) atoms. The fraction of sp³-hybridized carbons (Fsp3) is 0.625. The summed E-state index contributed by atoms with van der Waals surface area (Å²) in [5.74, 6) is 0.520. The first-order valence-electron chi connectivity index (χ1n) is 8.27. The molecular formula is C16H26N2O4S2. The van der Waals surface area contributed by atoms with Gasteiger partial charge in [0.15, 0.2) is 9.84 Å². The predicted molar refractivity (Wildman–Crippen MR) is 95.4 cm³/mol. The van der Waals surface area contributed by atoms with Crippen LogP contribution in [0.5, 0.6) is 0 Å². The Labute approximate surface area is 145 Å². The zero-order valence-corrected chi connectivity index (χ0v) is 15.7. The average molecular weight is 375 g/mol. The highest BCUT2D eigenvalue weighted by Crippen LogP contribution is 2.17. The van der Waals surface area contributed by atoms with Crippen LogP contribution in [0.2, 0.25) is 0 Å². The number of nitrogens with one attached hydrogen (secondary N) is 1. The number of piperidine rings is 1. The molecule has 1 aromatic rings. The number of hydrogen-bond acceptors (Lipinski definition) is 4. The number of benzene rings is 1. The van der Waals surface area contributed by atoms with Crippen molar-refractivity contribution < 1.29 is 16.8 Å². The van der Waals surface area contributed by atoms with Gasteiger partial charge in [-0.3, -0.25) is 0 Å². The monoisotopic (exact) mass is 374 g/mol. The molecule has 6 nitrogen and oxygen atoms in total. The quantitative estimate of drug-likeness (QED) is 0.700. The van der Waals surface area contributed by atoms with E-state index < -0.39 is 20.0 Å². The first-order valence-corrected chi connectivity index (χ1v) is 11.5. The summed E-state index contributed by atoms with van der Waals surface area (Å²) in [6.45, 7) is 3.32. The van der Waals surface area contributed by atoms with Crippen molar-refractivity contribution in [2.45, 2.75) is 31.9 Å². The minimum Gasteiger partial charge on any atom is -0.228 e. The second-order valence-corrected chi connectivity index (χ2v) is 10.4. The maximum absolute atomic E-state index is 12.2. The van der Waals surface area contributed by atoms with Gasteiger partial charge in [0.25, 0.3) is 10.2 Å². The smallest absolute Gasteiger partial charge is 0.228 e. The highest BCUT2D eigenvalue weighted by molar-refractivity contribution is 7.90. The van der Waals surface area contributed by atoms with Crippen molar-refractivity contribution in [2.24, 2.45) is 5.92 Å². The van der Waals surface area contributed by atoms with Crippen LogP contribution in [0.3, 0.4) is 0 Å². The minimum absolute atomic E-state index is 0.00932. The molecule has 0 atom stereocenters. The van der Waals surface area contributed by atoms with Gasteiger partial charge in [0, 0.05) is 19.6 Å². The summed E-state index contributed by atoms with van der Waals surface area (Å²) in [6.07, 6.45) is 2.01. The molecule has 1 saturated heterocycles. The Bertz CT molecular complexity index is 710. The van der Waals surface area contributed by atoms with Gasteiger partial charge in [0.05, 0.1) is 11.5 Å². The van der Waals surface area contributed by atoms with E-state index in [1.165, 1.54) is 4.31 Å². The van der Waals surface area contributed by atoms with E-state index in [0.29, 0.717) is 19.0 Å². The zero-order valence-electron chi connectivity index (χ0n) is 14.0. The van der Waals surface area contributed by atoms with Crippen LogP contribution in [0.4, 0.5) is 0 Å². The predicted octanol–water partition coefficient (Wildman–Crippen LogP) is 1.56. The maximum atomic E-state index is 12.2. The SMILES string of the molecule is CC1CCN(S(=O)(=O)NCCCS(=O)(=O)Cc2ccccc2)CC1. The Morgan fingerprint density at radius 3 is 2.33 bits per heavy atom. The van der Waals surface area contributed by atoms with Crippen molar-refractivity contribution >= 4 is 20.0 Å². The standard InChI is InChI=1S/C16H26N2O4S2/c1-15-8-11-18(12-9-15)24(21,22)17-10-5-13-23(19,20)14-16-6-3-2-4-7-16/h2-4,6-7,15,17H,5,8-14H2,1H3. The molecule has 0 spiro atoms. The zero-order chi connectivity index (χ0) is 17.6. The van der Waals surface area contributed by atoms with Crippen molar-refractivity contribution in [3.05, 3.63) is 35.9 Å². The van der Waals surface area contributed by atoms with E-state index in [-0.39, 0.29) is 24.5 Å². The summed E-state index contributed by atoms with van der Waals surface area (Å²) in [5.41, 5.74) is 0.750. The first kappa shape index (κ1) is 19.4. The number of sulfone groups is 1. The van der Waals surface area contributed by atoms with Gasteiger partial charge in [-0.05, 0) is 30.7 Å². The van der Waals surface area contributed by atoms with Crippen molar-refractivity contribution in [1.29, 1.82) is 0 Å². The van der Waals surface area contributed by atoms with Crippen molar-refractivity contribution in [1.82, 2.24) is 9.03 Å². The fourth-order valence-electron chi connectivity index (χ4n) is 2.71. The number of nitrogens with zero attached hydrogens (tertiary/aromatic N) is 1. The largest absolute Gasteiger partial charge is 0.279 e. The van der Waals surface area contributed by atoms with Gasteiger partial charge in [-0.2, -0.15) is 12.7 Å². The molecule has 1 heterocycles. The Morgan fingerprint density at radius 2 is 1.71 bits per heavy atom. The van der Waals surface area contributed by atoms with Crippen LogP contribution in [-0.2, 0) is 25.8 Å². The van der Waals surface area contributed by atoms with E-state index in [1.807, 2.05) is 6.07 Å². The minimum atomic E-state index is -3.49. The van der Waals surface area contributed by atoms with Crippen LogP contribution in [0.1, 0.15) is 31.7 Å². The fourth-order valence-corrected chi connectivity index (χ4v) is 5.42. The van der Waals surface area contributed by atoms with Crippen LogP contribution < -0.4 is 4.72 Å². The molecular weight excluding hydrogens is 348 g/mol. The highest BCUT2D eigenvalue weighted by atomic mass is 32.2. The lowest BCUT2D eigenvalue weighted by atomic mass is 10.0. The van der Waals surface area contributed by atoms with Crippen molar-refractivity contribution in [3.63, 3.8) is 0 Å². The summed E-state index contributed by atoms with van der Waals surface area (Å²) in [7, 11) is -6.73. The molecule has 8 heteroatoms. The van der Waals surface area contributed by atoms with Gasteiger partial charge >= 0.3 is 0 Å². The molecule has 1 aromatic carbocycles. The summed E-state index contributed by atoms with van der Waals surface area (Å²) in [6, 6.07) is 9.00. The Kier molecular flexibility index (Phi) is 6.79. The van der Waals surface area contributed by atoms with Gasteiger partial charge in [-0.25, -0.2) is 13.1 Å². The van der Waals surface area contributed by atoms with Gasteiger partial charge in [0.1, 0.15) is 0 Å². The molecule has 1 fully saturated rings. The van der Waals surface area contributed by atoms with E-state index in [1.54, 1.807) is 24.3 Å². The number of hydrogen-bond donors (Lipinski definition) is 1. The number of rotatable bonds is 8. The van der Waals surface area contributed by atoms with Gasteiger partial charge < -0.3 is 0 Å². The van der Waals surface area contributed by atoms with Crippen molar-refractivity contribution in [3.8, 4) is 0 Å². The first-order chi connectivity index (χ1) is 11.3. The lowest BCUT2D eigenvalue weighted by Gasteiger charge is -2.29. The molecule has 0 bridgehead atoms. The Morgan fingerprint density at radius 1 is 1.08 bits per heavy atom. The maximum Gasteiger partial charge on any atom is 0.279 e. The van der Waals surface area contributed by atoms with Crippen molar-refractivity contribution in [2.75, 3.05) is 25.4 Å². The molecule has 0 unspecified atom stereocenters. The normalized spacial score (nSPS) is 17.9. The molecule has 1 aliphatic rings. The van der Waals surface area contributed by atoms with Crippen LogP contribution in [0.15, 0.2) is 30.3 Å². The van der Waals surface area contributed by atoms with E-state index >= 15 is 0 Å². The topological polar surface area (TPSA) is 83.6 Å². The molecule has 1 aliphatic heterocycles. The summed E-state index contributed by atoms with van der Waals surface area (Å²) < 4.78 is 52.5. The lowest BCUT2D eigenvalue weighted by molar-refractivity contribution is 0.285. The summed E-state index contributed by atoms with van der Waals surface area (Å²) in [4.78, 5) is 0. The third-order valence-electron chi connectivity index (χ3n) is 4.23. The third kappa shape index (κ3) is 6.16. The van der Waals surface area contributed by atoms with Gasteiger partial charge in [0.2, 0.25) is 0 Å². The summed E-state index contributed by atoms with van der Waals surface area (Å²) in [5, 5.41) is 0. The lowest BCUT2D eigenvalue weighted by Crippen LogP contribution is -2.45. The highest BCUT2D eigenvalue weighted by Gasteiger charge is 2.25. The van der Waals surface area contributed by atoms with Crippen LogP contribution >= 0.6 is 0 Å². The molecule has 1 N–H and O–H groups in total. The van der Waals surface area contributed by atoms with Crippen LogP contribution in [0, 0.1) is 5.92 Å². The summed E-state index contributed by atoms with van der Waals surface area (Å²) >= 11 is 0. The van der Waals surface area contributed by atoms with E-state index in [9.17, 15) is 16.8 Å². The molecule has 0 aliphatic carbocycles. The molecule has 0 amide bonds. The van der Waals surface area contributed by atoms with Crippen LogP contribution in [-0.4, -0.2) is 46.5 Å². The third-order valence-corrected chi connectivity index (χ3v) is 7.53. The molecule has 0 radical (unpaired) electrons. The van der Waals surface area contributed by atoms with Crippen LogP contribution in [0.25, 0.3) is 0 Å². The van der Waals surface area contributed by atoms with E-state index in [4.69, 9.17) is 0 Å². The molecule has 0 aromatic heterocycles. The molecule has 2 rings (SSSR count). The second-order valence-electron chi connectivity index (χ2n) is 6.41. The molecule has 0 saturated carbocycles. The van der Waals surface area contributed by atoms with Gasteiger partial charge in [-0.1, -0.05) is 37.3 Å². The van der Waals surface area contributed by atoms with E-state index in [2.05, 4.69) is 11.6 Å². The second kappa shape index (κ2) is 8.42. The van der Waals surface area contributed by atoms with E-state index in [0.717, 1.165) is 18.4 Å². The molecule has 136 valence electrons. The average Bonchev–Trinajstić information content (AvgIpc) is 2.53. The van der Waals surface area contributed by atoms with Gasteiger partial charge in [-0.15, -0.1) is 0 Å². The Balaban J connectivity index is 1.75.